The summed E-state index contributed by atoms with van der Waals surface area (Å²) in [6, 6.07) is 0. The highest BCUT2D eigenvalue weighted by molar-refractivity contribution is 4.90. The molecule has 20 heavy (non-hydrogen) atoms. The molecule has 0 nitrogen and oxygen atoms in total. The van der Waals surface area contributed by atoms with Crippen LogP contribution in [-0.4, -0.2) is 0 Å². The van der Waals surface area contributed by atoms with Crippen molar-refractivity contribution >= 4 is 0 Å². The summed E-state index contributed by atoms with van der Waals surface area (Å²) in [5.41, 5.74) is 2.51. The molecule has 0 unspecified atom stereocenters. The molecule has 0 aliphatic heterocycles. The van der Waals surface area contributed by atoms with Crippen LogP contribution in [0.25, 0.3) is 0 Å². The molecule has 2 rings (SSSR count). The molecule has 0 N–H and O–H groups in total. The Morgan fingerprint density at radius 2 is 0.700 bits per heavy atom. The van der Waals surface area contributed by atoms with E-state index < -0.39 is 0 Å². The minimum absolute atomic E-state index is 0.609. The van der Waals surface area contributed by atoms with Crippen molar-refractivity contribution in [1.82, 2.24) is 0 Å². The van der Waals surface area contributed by atoms with E-state index in [1.165, 1.54) is 64.2 Å². The van der Waals surface area contributed by atoms with Crippen molar-refractivity contribution in [2.45, 2.75) is 106 Å². The first-order valence-corrected chi connectivity index (χ1v) is 9.04. The van der Waals surface area contributed by atoms with Gasteiger partial charge in [-0.25, -0.2) is 0 Å². The molecular weight excluding hydrogens is 240 g/mol. The van der Waals surface area contributed by atoms with Crippen LogP contribution in [0.1, 0.15) is 106 Å². The highest BCUT2D eigenvalue weighted by atomic mass is 14.4. The second-order valence-corrected chi connectivity index (χ2v) is 10.4. The highest BCUT2D eigenvalue weighted by Crippen LogP contribution is 2.52. The van der Waals surface area contributed by atoms with Crippen LogP contribution in [0, 0.1) is 21.7 Å². The Morgan fingerprint density at radius 1 is 0.450 bits per heavy atom. The highest BCUT2D eigenvalue weighted by Gasteiger charge is 2.39. The zero-order chi connectivity index (χ0) is 15.1. The fourth-order valence-electron chi connectivity index (χ4n) is 4.16. The predicted molar refractivity (Wildman–Crippen MR) is 89.9 cm³/mol. The van der Waals surface area contributed by atoms with E-state index in [0.717, 1.165) is 0 Å². The summed E-state index contributed by atoms with van der Waals surface area (Å²) < 4.78 is 0. The third-order valence-corrected chi connectivity index (χ3v) is 6.95. The van der Waals surface area contributed by atoms with Crippen molar-refractivity contribution in [3.63, 3.8) is 0 Å². The van der Waals surface area contributed by atoms with Crippen molar-refractivity contribution in [3.05, 3.63) is 0 Å². The van der Waals surface area contributed by atoms with Gasteiger partial charge < -0.3 is 0 Å². The van der Waals surface area contributed by atoms with E-state index in [1.54, 1.807) is 0 Å². The van der Waals surface area contributed by atoms with Gasteiger partial charge in [-0.05, 0) is 85.9 Å². The Hall–Kier alpha value is 0. The first-order valence-electron chi connectivity index (χ1n) is 9.04. The summed E-state index contributed by atoms with van der Waals surface area (Å²) in [6.07, 6.45) is 14.5. The molecule has 0 spiro atoms. The molecule has 0 saturated heterocycles. The van der Waals surface area contributed by atoms with Gasteiger partial charge in [-0.1, -0.05) is 41.5 Å². The summed E-state index contributed by atoms with van der Waals surface area (Å²) in [6.45, 7) is 15.0. The van der Waals surface area contributed by atoms with E-state index >= 15 is 0 Å². The van der Waals surface area contributed by atoms with E-state index in [2.05, 4.69) is 41.5 Å². The molecule has 2 aliphatic carbocycles. The van der Waals surface area contributed by atoms with Crippen LogP contribution in [-0.2, 0) is 0 Å². The van der Waals surface area contributed by atoms with E-state index in [4.69, 9.17) is 0 Å². The van der Waals surface area contributed by atoms with Crippen LogP contribution in [0.2, 0.25) is 0 Å². The predicted octanol–water partition coefficient (Wildman–Crippen LogP) is 6.98. The summed E-state index contributed by atoms with van der Waals surface area (Å²) in [5, 5.41) is 0. The van der Waals surface area contributed by atoms with Crippen molar-refractivity contribution in [3.8, 4) is 0 Å². The van der Waals surface area contributed by atoms with Crippen molar-refractivity contribution in [1.29, 1.82) is 0 Å². The van der Waals surface area contributed by atoms with Gasteiger partial charge in [-0.2, -0.15) is 0 Å². The lowest BCUT2D eigenvalue weighted by Gasteiger charge is -2.46. The van der Waals surface area contributed by atoms with E-state index in [9.17, 15) is 0 Å². The van der Waals surface area contributed by atoms with Crippen LogP contribution in [0.4, 0.5) is 0 Å². The van der Waals surface area contributed by atoms with Crippen LogP contribution >= 0.6 is 0 Å². The quantitative estimate of drug-likeness (QED) is 0.522. The van der Waals surface area contributed by atoms with Gasteiger partial charge in [0.2, 0.25) is 0 Å². The standard InChI is InChI=1S/C20H38/c1-17(2)7-11-19(5,12-8-17)15-16-20(6)13-9-18(3,4)10-14-20/h7-16H2,1-6H3. The first-order chi connectivity index (χ1) is 9.04. The maximum absolute atomic E-state index is 2.57. The number of hydrogen-bond donors (Lipinski definition) is 0. The maximum Gasteiger partial charge on any atom is -0.0325 e. The van der Waals surface area contributed by atoms with Crippen LogP contribution in [0.3, 0.4) is 0 Å². The van der Waals surface area contributed by atoms with Crippen molar-refractivity contribution in [2.24, 2.45) is 21.7 Å². The molecule has 2 aliphatic rings. The van der Waals surface area contributed by atoms with Gasteiger partial charge in [0.15, 0.2) is 0 Å². The normalized spacial score (nSPS) is 30.9. The first kappa shape index (κ1) is 16.4. The maximum atomic E-state index is 2.57. The van der Waals surface area contributed by atoms with Gasteiger partial charge in [0, 0.05) is 0 Å². The van der Waals surface area contributed by atoms with Gasteiger partial charge in [0.05, 0.1) is 0 Å². The molecule has 118 valence electrons. The van der Waals surface area contributed by atoms with Gasteiger partial charge in [0.1, 0.15) is 0 Å². The Kier molecular flexibility index (Phi) is 4.36. The van der Waals surface area contributed by atoms with Gasteiger partial charge in [0.25, 0.3) is 0 Å². The number of hydrogen-bond acceptors (Lipinski definition) is 0. The SMILES string of the molecule is CC1(C)CCC(C)(CCC2(C)CCC(C)(C)CC2)CC1. The third kappa shape index (κ3) is 4.25. The second-order valence-electron chi connectivity index (χ2n) is 10.4. The molecule has 0 heteroatoms. The van der Waals surface area contributed by atoms with E-state index in [1.807, 2.05) is 0 Å². The van der Waals surface area contributed by atoms with Gasteiger partial charge >= 0.3 is 0 Å². The lowest BCUT2D eigenvalue weighted by Crippen LogP contribution is -2.33. The van der Waals surface area contributed by atoms with E-state index in [-0.39, 0.29) is 0 Å². The summed E-state index contributed by atoms with van der Waals surface area (Å²) >= 11 is 0. The molecule has 0 aromatic heterocycles. The van der Waals surface area contributed by atoms with Crippen LogP contribution in [0.15, 0.2) is 0 Å². The Balaban J connectivity index is 1.83. The minimum atomic E-state index is 0.609. The average molecular weight is 279 g/mol. The second kappa shape index (κ2) is 5.33. The molecule has 0 bridgehead atoms. The Bertz CT molecular complexity index is 280. The smallest absolute Gasteiger partial charge is 0.0325 e. The molecule has 2 fully saturated rings. The lowest BCUT2D eigenvalue weighted by atomic mass is 9.60. The summed E-state index contributed by atoms with van der Waals surface area (Å²) in [5.74, 6) is 0. The Labute approximate surface area is 128 Å². The van der Waals surface area contributed by atoms with Gasteiger partial charge in [-0.15, -0.1) is 0 Å². The summed E-state index contributed by atoms with van der Waals surface area (Å²) in [4.78, 5) is 0. The third-order valence-electron chi connectivity index (χ3n) is 6.95. The molecule has 0 atom stereocenters. The molecule has 0 aromatic carbocycles. The largest absolute Gasteiger partial charge is 0.0599 e. The van der Waals surface area contributed by atoms with E-state index in [0.29, 0.717) is 21.7 Å². The fourth-order valence-corrected chi connectivity index (χ4v) is 4.16. The summed E-state index contributed by atoms with van der Waals surface area (Å²) in [7, 11) is 0. The zero-order valence-corrected chi connectivity index (χ0v) is 15.1. The van der Waals surface area contributed by atoms with Crippen LogP contribution < -0.4 is 0 Å². The lowest BCUT2D eigenvalue weighted by molar-refractivity contribution is 0.0623. The van der Waals surface area contributed by atoms with Crippen LogP contribution in [0.5, 0.6) is 0 Å². The molecule has 2 saturated carbocycles. The van der Waals surface area contributed by atoms with Crippen molar-refractivity contribution in [2.75, 3.05) is 0 Å². The zero-order valence-electron chi connectivity index (χ0n) is 15.1. The molecule has 0 amide bonds. The number of rotatable bonds is 3. The topological polar surface area (TPSA) is 0 Å². The molecule has 0 aromatic rings. The fraction of sp³-hybridized carbons (Fsp3) is 1.00. The molecular formula is C20H38. The monoisotopic (exact) mass is 278 g/mol. The van der Waals surface area contributed by atoms with Gasteiger partial charge in [-0.3, -0.25) is 0 Å². The molecule has 0 heterocycles. The average Bonchev–Trinajstić information content (AvgIpc) is 2.36. The molecule has 0 radical (unpaired) electrons. The van der Waals surface area contributed by atoms with Crippen molar-refractivity contribution < 1.29 is 0 Å². The minimum Gasteiger partial charge on any atom is -0.0599 e. The Morgan fingerprint density at radius 3 is 0.950 bits per heavy atom.